The predicted molar refractivity (Wildman–Crippen MR) is 45.4 cm³/mol. The van der Waals surface area contributed by atoms with Gasteiger partial charge in [-0.1, -0.05) is 18.2 Å². The lowest BCUT2D eigenvalue weighted by atomic mass is 10.3. The Kier molecular flexibility index (Phi) is 2.42. The van der Waals surface area contributed by atoms with Gasteiger partial charge >= 0.3 is 5.97 Å². The van der Waals surface area contributed by atoms with Crippen molar-refractivity contribution >= 4 is 17.5 Å². The number of hydrogen-bond acceptors (Lipinski definition) is 2. The van der Waals surface area contributed by atoms with Gasteiger partial charge in [0.15, 0.2) is 0 Å². The van der Waals surface area contributed by atoms with E-state index in [0.29, 0.717) is 5.69 Å². The number of hydrogen-bond donors (Lipinski definition) is 2. The Morgan fingerprint density at radius 2 is 1.92 bits per heavy atom. The standard InChI is InChI=1S/C8H8N2O2/c9-7(8(11)12)10-6-4-2-1-3-5-6/h1-5H,(H2,9,10)(H,11,12). The third kappa shape index (κ3) is 2.09. The number of para-hydroxylation sites is 1. The molecular weight excluding hydrogens is 156 g/mol. The highest BCUT2D eigenvalue weighted by atomic mass is 16.4. The number of aliphatic imine (C=N–C) groups is 1. The van der Waals surface area contributed by atoms with Crippen LogP contribution in [0.1, 0.15) is 0 Å². The Morgan fingerprint density at radius 1 is 1.33 bits per heavy atom. The van der Waals surface area contributed by atoms with E-state index in [4.69, 9.17) is 10.8 Å². The van der Waals surface area contributed by atoms with Crippen LogP contribution >= 0.6 is 0 Å². The minimum absolute atomic E-state index is 0.402. The van der Waals surface area contributed by atoms with E-state index in [1.807, 2.05) is 6.07 Å². The molecule has 12 heavy (non-hydrogen) atoms. The van der Waals surface area contributed by atoms with Crippen molar-refractivity contribution in [1.29, 1.82) is 0 Å². The van der Waals surface area contributed by atoms with Gasteiger partial charge in [0.05, 0.1) is 5.69 Å². The summed E-state index contributed by atoms with van der Waals surface area (Å²) >= 11 is 0. The molecule has 0 aromatic heterocycles. The van der Waals surface area contributed by atoms with Crippen LogP contribution in [0.25, 0.3) is 0 Å². The number of aliphatic carboxylic acids is 1. The summed E-state index contributed by atoms with van der Waals surface area (Å²) in [6.07, 6.45) is 0. The van der Waals surface area contributed by atoms with Crippen LogP contribution in [0.3, 0.4) is 0 Å². The number of carboxylic acid groups (broad SMARTS) is 1. The molecule has 0 aliphatic carbocycles. The average molecular weight is 164 g/mol. The highest BCUT2D eigenvalue weighted by Gasteiger charge is 2.01. The third-order valence-corrected chi connectivity index (χ3v) is 1.22. The molecule has 4 heteroatoms. The van der Waals surface area contributed by atoms with E-state index in [0.717, 1.165) is 0 Å². The smallest absolute Gasteiger partial charge is 0.371 e. The summed E-state index contributed by atoms with van der Waals surface area (Å²) < 4.78 is 0. The topological polar surface area (TPSA) is 75.7 Å². The summed E-state index contributed by atoms with van der Waals surface area (Å²) in [5, 5.41) is 8.39. The molecule has 0 unspecified atom stereocenters. The Morgan fingerprint density at radius 3 is 2.42 bits per heavy atom. The van der Waals surface area contributed by atoms with Crippen LogP contribution in [-0.2, 0) is 4.79 Å². The number of benzene rings is 1. The van der Waals surface area contributed by atoms with Crippen molar-refractivity contribution in [2.45, 2.75) is 0 Å². The summed E-state index contributed by atoms with van der Waals surface area (Å²) in [6.45, 7) is 0. The third-order valence-electron chi connectivity index (χ3n) is 1.22. The second-order valence-corrected chi connectivity index (χ2v) is 2.14. The van der Waals surface area contributed by atoms with Gasteiger partial charge in [-0.25, -0.2) is 9.79 Å². The molecule has 0 amide bonds. The van der Waals surface area contributed by atoms with E-state index >= 15 is 0 Å². The molecule has 3 N–H and O–H groups in total. The van der Waals surface area contributed by atoms with Crippen molar-refractivity contribution in [1.82, 2.24) is 0 Å². The normalized spacial score (nSPS) is 11.2. The second-order valence-electron chi connectivity index (χ2n) is 2.14. The summed E-state index contributed by atoms with van der Waals surface area (Å²) in [5.74, 6) is -1.61. The number of nitrogens with two attached hydrogens (primary N) is 1. The molecule has 0 saturated carbocycles. The number of nitrogens with zero attached hydrogens (tertiary/aromatic N) is 1. The average Bonchev–Trinajstić information content (AvgIpc) is 2.06. The zero-order valence-electron chi connectivity index (χ0n) is 6.27. The fourth-order valence-electron chi connectivity index (χ4n) is 0.689. The van der Waals surface area contributed by atoms with Crippen LogP contribution in [-0.4, -0.2) is 16.9 Å². The van der Waals surface area contributed by atoms with E-state index in [9.17, 15) is 4.79 Å². The number of carboxylic acids is 1. The first kappa shape index (κ1) is 8.26. The fraction of sp³-hybridized carbons (Fsp3) is 0. The van der Waals surface area contributed by atoms with E-state index in [1.54, 1.807) is 24.3 Å². The monoisotopic (exact) mass is 164 g/mol. The summed E-state index contributed by atoms with van der Waals surface area (Å²) in [6, 6.07) is 8.68. The summed E-state index contributed by atoms with van der Waals surface area (Å²) in [5.41, 5.74) is 5.64. The molecule has 0 bridgehead atoms. The van der Waals surface area contributed by atoms with E-state index in [-0.39, 0.29) is 0 Å². The van der Waals surface area contributed by atoms with Crippen molar-refractivity contribution in [3.63, 3.8) is 0 Å². The SMILES string of the molecule is NC(=Nc1ccccc1)C(=O)O. The lowest BCUT2D eigenvalue weighted by molar-refractivity contribution is -0.129. The highest BCUT2D eigenvalue weighted by molar-refractivity contribution is 6.34. The highest BCUT2D eigenvalue weighted by Crippen LogP contribution is 2.08. The molecule has 1 aromatic rings. The summed E-state index contributed by atoms with van der Waals surface area (Å²) in [7, 11) is 0. The van der Waals surface area contributed by atoms with Crippen LogP contribution in [0, 0.1) is 0 Å². The van der Waals surface area contributed by atoms with Gasteiger partial charge in [-0.15, -0.1) is 0 Å². The Hall–Kier alpha value is -1.84. The van der Waals surface area contributed by atoms with Gasteiger partial charge in [0.1, 0.15) is 0 Å². The maximum absolute atomic E-state index is 10.2. The Labute approximate surface area is 69.4 Å². The molecule has 0 atom stereocenters. The number of carbonyl (C=O) groups is 1. The lowest BCUT2D eigenvalue weighted by Gasteiger charge is -1.93. The summed E-state index contributed by atoms with van der Waals surface area (Å²) in [4.78, 5) is 13.9. The van der Waals surface area contributed by atoms with E-state index in [1.165, 1.54) is 0 Å². The fourth-order valence-corrected chi connectivity index (χ4v) is 0.689. The van der Waals surface area contributed by atoms with Crippen LogP contribution in [0.2, 0.25) is 0 Å². The molecule has 0 saturated heterocycles. The van der Waals surface area contributed by atoms with Gasteiger partial charge in [0, 0.05) is 0 Å². The van der Waals surface area contributed by atoms with Crippen molar-refractivity contribution in [3.05, 3.63) is 30.3 Å². The van der Waals surface area contributed by atoms with E-state index in [2.05, 4.69) is 4.99 Å². The van der Waals surface area contributed by atoms with Gasteiger partial charge in [-0.3, -0.25) is 0 Å². The van der Waals surface area contributed by atoms with Gasteiger partial charge in [0.25, 0.3) is 0 Å². The van der Waals surface area contributed by atoms with Crippen molar-refractivity contribution < 1.29 is 9.90 Å². The largest absolute Gasteiger partial charge is 0.475 e. The maximum Gasteiger partial charge on any atom is 0.371 e. The first-order chi connectivity index (χ1) is 5.70. The van der Waals surface area contributed by atoms with Crippen molar-refractivity contribution in [3.8, 4) is 0 Å². The van der Waals surface area contributed by atoms with Crippen molar-refractivity contribution in [2.75, 3.05) is 0 Å². The zero-order valence-corrected chi connectivity index (χ0v) is 6.27. The number of amidine groups is 1. The number of rotatable bonds is 1. The lowest BCUT2D eigenvalue weighted by Crippen LogP contribution is -2.22. The zero-order chi connectivity index (χ0) is 8.97. The molecule has 62 valence electrons. The molecule has 4 nitrogen and oxygen atoms in total. The quantitative estimate of drug-likeness (QED) is 0.475. The molecule has 1 aromatic carbocycles. The first-order valence-corrected chi connectivity index (χ1v) is 3.32. The molecule has 0 radical (unpaired) electrons. The molecule has 0 aliphatic heterocycles. The molecule has 0 fully saturated rings. The molecular formula is C8H8N2O2. The minimum atomic E-state index is -1.21. The molecule has 0 aliphatic rings. The Bertz CT molecular complexity index is 306. The van der Waals surface area contributed by atoms with Gasteiger partial charge in [0.2, 0.25) is 5.84 Å². The van der Waals surface area contributed by atoms with Crippen LogP contribution in [0.4, 0.5) is 5.69 Å². The molecule has 0 spiro atoms. The van der Waals surface area contributed by atoms with Crippen LogP contribution < -0.4 is 5.73 Å². The first-order valence-electron chi connectivity index (χ1n) is 3.32. The molecule has 1 rings (SSSR count). The molecule has 0 heterocycles. The van der Waals surface area contributed by atoms with Gasteiger partial charge in [-0.2, -0.15) is 0 Å². The van der Waals surface area contributed by atoms with Crippen LogP contribution in [0.15, 0.2) is 35.3 Å². The minimum Gasteiger partial charge on any atom is -0.475 e. The van der Waals surface area contributed by atoms with Crippen molar-refractivity contribution in [2.24, 2.45) is 10.7 Å². The van der Waals surface area contributed by atoms with Gasteiger partial charge < -0.3 is 10.8 Å². The maximum atomic E-state index is 10.2. The van der Waals surface area contributed by atoms with Crippen LogP contribution in [0.5, 0.6) is 0 Å². The second kappa shape index (κ2) is 3.52. The Balaban J connectivity index is 2.89. The predicted octanol–water partition coefficient (Wildman–Crippen LogP) is 0.760. The van der Waals surface area contributed by atoms with Gasteiger partial charge in [-0.05, 0) is 12.1 Å². The van der Waals surface area contributed by atoms with E-state index < -0.39 is 11.8 Å².